The van der Waals surface area contributed by atoms with Gasteiger partial charge in [-0.2, -0.15) is 0 Å². The number of ether oxygens (including phenoxy) is 3. The molecule has 0 aliphatic heterocycles. The van der Waals surface area contributed by atoms with Gasteiger partial charge in [-0.05, 0) is 42.8 Å². The molecule has 4 heteroatoms. The fraction of sp³-hybridized carbons (Fsp3) is 0.211. The number of methoxy groups -OCH3 is 2. The summed E-state index contributed by atoms with van der Waals surface area (Å²) in [4.78, 5) is 11.8. The van der Waals surface area contributed by atoms with Crippen LogP contribution < -0.4 is 9.47 Å². The van der Waals surface area contributed by atoms with Crippen LogP contribution in [0.2, 0.25) is 0 Å². The minimum atomic E-state index is -0.406. The quantitative estimate of drug-likeness (QED) is 0.601. The highest BCUT2D eigenvalue weighted by atomic mass is 16.5. The second kappa shape index (κ2) is 8.03. The molecule has 0 unspecified atom stereocenters. The number of benzene rings is 2. The first-order chi connectivity index (χ1) is 11.1. The number of aryl methyl sites for hydroxylation is 1. The Labute approximate surface area is 136 Å². The molecule has 0 aliphatic rings. The van der Waals surface area contributed by atoms with Gasteiger partial charge in [0.1, 0.15) is 18.1 Å². The van der Waals surface area contributed by atoms with Crippen molar-refractivity contribution >= 4 is 12.0 Å². The van der Waals surface area contributed by atoms with E-state index < -0.39 is 5.97 Å². The van der Waals surface area contributed by atoms with Crippen LogP contribution in [0, 0.1) is 6.92 Å². The Kier molecular flexibility index (Phi) is 5.80. The molecule has 0 fully saturated rings. The predicted octanol–water partition coefficient (Wildman–Crippen LogP) is 3.77. The second-order valence-corrected chi connectivity index (χ2v) is 5.03. The van der Waals surface area contributed by atoms with Gasteiger partial charge < -0.3 is 14.2 Å². The standard InChI is InChI=1S/C19H20O4/c1-14-7-9-18(22-3)16(11-14)13-23-19(20)10-8-15-5-4-6-17(12-15)21-2/h4-12H,13H2,1-3H3/b10-8+. The summed E-state index contributed by atoms with van der Waals surface area (Å²) in [6.07, 6.45) is 3.09. The van der Waals surface area contributed by atoms with E-state index in [4.69, 9.17) is 14.2 Å². The van der Waals surface area contributed by atoms with Gasteiger partial charge >= 0.3 is 5.97 Å². The van der Waals surface area contributed by atoms with Crippen molar-refractivity contribution in [3.05, 3.63) is 65.2 Å². The summed E-state index contributed by atoms with van der Waals surface area (Å²) in [6.45, 7) is 2.15. The SMILES string of the molecule is COc1cccc(/C=C/C(=O)OCc2cc(C)ccc2OC)c1. The summed E-state index contributed by atoms with van der Waals surface area (Å²) in [6, 6.07) is 13.2. The Morgan fingerprint density at radius 2 is 1.91 bits per heavy atom. The van der Waals surface area contributed by atoms with Gasteiger partial charge in [0, 0.05) is 11.6 Å². The van der Waals surface area contributed by atoms with E-state index in [9.17, 15) is 4.79 Å². The lowest BCUT2D eigenvalue weighted by Crippen LogP contribution is -2.02. The van der Waals surface area contributed by atoms with E-state index in [-0.39, 0.29) is 6.61 Å². The van der Waals surface area contributed by atoms with Crippen molar-refractivity contribution in [1.82, 2.24) is 0 Å². The van der Waals surface area contributed by atoms with Crippen molar-refractivity contribution in [2.45, 2.75) is 13.5 Å². The van der Waals surface area contributed by atoms with Crippen molar-refractivity contribution < 1.29 is 19.0 Å². The van der Waals surface area contributed by atoms with Crippen LogP contribution in [0.5, 0.6) is 11.5 Å². The lowest BCUT2D eigenvalue weighted by atomic mass is 10.1. The van der Waals surface area contributed by atoms with Crippen molar-refractivity contribution in [1.29, 1.82) is 0 Å². The van der Waals surface area contributed by atoms with E-state index in [1.165, 1.54) is 6.08 Å². The molecule has 2 rings (SSSR count). The number of hydrogen-bond acceptors (Lipinski definition) is 4. The monoisotopic (exact) mass is 312 g/mol. The Hall–Kier alpha value is -2.75. The Morgan fingerprint density at radius 1 is 1.09 bits per heavy atom. The highest BCUT2D eigenvalue weighted by Gasteiger charge is 2.06. The van der Waals surface area contributed by atoms with Crippen LogP contribution in [0.15, 0.2) is 48.5 Å². The Bertz CT molecular complexity index is 704. The van der Waals surface area contributed by atoms with Gasteiger partial charge in [0.2, 0.25) is 0 Å². The Morgan fingerprint density at radius 3 is 2.65 bits per heavy atom. The van der Waals surface area contributed by atoms with Gasteiger partial charge in [0.05, 0.1) is 14.2 Å². The van der Waals surface area contributed by atoms with Crippen LogP contribution in [-0.4, -0.2) is 20.2 Å². The maximum absolute atomic E-state index is 11.8. The first-order valence-electron chi connectivity index (χ1n) is 7.25. The molecule has 23 heavy (non-hydrogen) atoms. The summed E-state index contributed by atoms with van der Waals surface area (Å²) in [5.74, 6) is 1.04. The molecule has 2 aromatic carbocycles. The van der Waals surface area contributed by atoms with Crippen molar-refractivity contribution in [2.75, 3.05) is 14.2 Å². The average molecular weight is 312 g/mol. The third-order valence-corrected chi connectivity index (χ3v) is 3.31. The Balaban J connectivity index is 1.97. The molecule has 4 nitrogen and oxygen atoms in total. The van der Waals surface area contributed by atoms with Crippen LogP contribution in [0.1, 0.15) is 16.7 Å². The molecule has 0 saturated carbocycles. The van der Waals surface area contributed by atoms with E-state index in [0.29, 0.717) is 5.75 Å². The fourth-order valence-electron chi connectivity index (χ4n) is 2.13. The second-order valence-electron chi connectivity index (χ2n) is 5.03. The van der Waals surface area contributed by atoms with Gasteiger partial charge in [-0.25, -0.2) is 4.79 Å². The third-order valence-electron chi connectivity index (χ3n) is 3.31. The molecule has 0 aromatic heterocycles. The number of hydrogen-bond donors (Lipinski definition) is 0. The summed E-state index contributed by atoms with van der Waals surface area (Å²) >= 11 is 0. The largest absolute Gasteiger partial charge is 0.497 e. The van der Waals surface area contributed by atoms with Crippen LogP contribution in [0.4, 0.5) is 0 Å². The first-order valence-corrected chi connectivity index (χ1v) is 7.25. The smallest absolute Gasteiger partial charge is 0.331 e. The molecule has 2 aromatic rings. The van der Waals surface area contributed by atoms with E-state index in [0.717, 1.165) is 22.4 Å². The first kappa shape index (κ1) is 16.6. The number of carbonyl (C=O) groups excluding carboxylic acids is 1. The fourth-order valence-corrected chi connectivity index (χ4v) is 2.13. The van der Waals surface area contributed by atoms with Crippen LogP contribution in [0.25, 0.3) is 6.08 Å². The van der Waals surface area contributed by atoms with Gasteiger partial charge in [-0.1, -0.05) is 23.8 Å². The minimum Gasteiger partial charge on any atom is -0.497 e. The summed E-state index contributed by atoms with van der Waals surface area (Å²) in [7, 11) is 3.20. The number of rotatable bonds is 6. The molecular formula is C19H20O4. The van der Waals surface area contributed by atoms with E-state index in [1.807, 2.05) is 49.4 Å². The zero-order chi connectivity index (χ0) is 16.7. The number of carbonyl (C=O) groups is 1. The van der Waals surface area contributed by atoms with E-state index in [1.54, 1.807) is 20.3 Å². The molecular weight excluding hydrogens is 292 g/mol. The highest BCUT2D eigenvalue weighted by Crippen LogP contribution is 2.20. The zero-order valence-electron chi connectivity index (χ0n) is 13.5. The lowest BCUT2D eigenvalue weighted by molar-refractivity contribution is -0.138. The summed E-state index contributed by atoms with van der Waals surface area (Å²) in [5, 5.41) is 0. The molecule has 0 spiro atoms. The van der Waals surface area contributed by atoms with E-state index >= 15 is 0 Å². The molecule has 120 valence electrons. The molecule has 0 N–H and O–H groups in total. The van der Waals surface area contributed by atoms with Crippen LogP contribution >= 0.6 is 0 Å². The van der Waals surface area contributed by atoms with E-state index in [2.05, 4.69) is 0 Å². The highest BCUT2D eigenvalue weighted by molar-refractivity contribution is 5.87. The molecule has 0 atom stereocenters. The summed E-state index contributed by atoms with van der Waals surface area (Å²) in [5.41, 5.74) is 2.80. The predicted molar refractivity (Wildman–Crippen MR) is 89.6 cm³/mol. The van der Waals surface area contributed by atoms with Gasteiger partial charge in [-0.3, -0.25) is 0 Å². The zero-order valence-corrected chi connectivity index (χ0v) is 13.5. The normalized spacial score (nSPS) is 10.6. The topological polar surface area (TPSA) is 44.8 Å². The molecule has 0 saturated heterocycles. The maximum atomic E-state index is 11.8. The van der Waals surface area contributed by atoms with Gasteiger partial charge in [-0.15, -0.1) is 0 Å². The van der Waals surface area contributed by atoms with Gasteiger partial charge in [0.15, 0.2) is 0 Å². The molecule has 0 radical (unpaired) electrons. The van der Waals surface area contributed by atoms with Crippen LogP contribution in [0.3, 0.4) is 0 Å². The third kappa shape index (κ3) is 4.88. The molecule has 0 amide bonds. The van der Waals surface area contributed by atoms with Crippen LogP contribution in [-0.2, 0) is 16.1 Å². The lowest BCUT2D eigenvalue weighted by Gasteiger charge is -2.09. The molecule has 0 bridgehead atoms. The average Bonchev–Trinajstić information content (AvgIpc) is 2.58. The summed E-state index contributed by atoms with van der Waals surface area (Å²) < 4.78 is 15.7. The molecule has 0 heterocycles. The minimum absolute atomic E-state index is 0.173. The van der Waals surface area contributed by atoms with Crippen molar-refractivity contribution in [3.8, 4) is 11.5 Å². The maximum Gasteiger partial charge on any atom is 0.331 e. The van der Waals surface area contributed by atoms with Gasteiger partial charge in [0.25, 0.3) is 0 Å². The van der Waals surface area contributed by atoms with Crippen molar-refractivity contribution in [3.63, 3.8) is 0 Å². The van der Waals surface area contributed by atoms with Crippen molar-refractivity contribution in [2.24, 2.45) is 0 Å². The number of esters is 1. The molecule has 0 aliphatic carbocycles.